The van der Waals surface area contributed by atoms with Crippen molar-refractivity contribution < 1.29 is 14.3 Å². The summed E-state index contributed by atoms with van der Waals surface area (Å²) in [4.78, 5) is 22.4. The van der Waals surface area contributed by atoms with Crippen LogP contribution in [0.1, 0.15) is 28.7 Å². The van der Waals surface area contributed by atoms with Gasteiger partial charge in [0.25, 0.3) is 0 Å². The molecule has 0 aliphatic rings. The van der Waals surface area contributed by atoms with Gasteiger partial charge < -0.3 is 9.64 Å². The van der Waals surface area contributed by atoms with Crippen molar-refractivity contribution in [2.75, 3.05) is 21.2 Å². The molecule has 0 unspecified atom stereocenters. The number of carbonyl (C=O) groups is 2. The van der Waals surface area contributed by atoms with Gasteiger partial charge in [-0.05, 0) is 13.8 Å². The van der Waals surface area contributed by atoms with Crippen LogP contribution in [-0.2, 0) is 14.3 Å². The lowest BCUT2D eigenvalue weighted by molar-refractivity contribution is -0.136. The summed E-state index contributed by atoms with van der Waals surface area (Å²) < 4.78 is 4.27. The maximum absolute atomic E-state index is 10.7. The molecule has 4 nitrogen and oxygen atoms in total. The van der Waals surface area contributed by atoms with Crippen molar-refractivity contribution in [1.29, 1.82) is 0 Å². The molecule has 0 aliphatic carbocycles. The van der Waals surface area contributed by atoms with E-state index in [1.165, 1.54) is 12.0 Å². The normalized spacial score (nSPS) is 7.12. The van der Waals surface area contributed by atoms with Gasteiger partial charge >= 0.3 is 5.97 Å². The molecular formula is C13H27NO3. The number of esters is 1. The molecule has 17 heavy (non-hydrogen) atoms. The summed E-state index contributed by atoms with van der Waals surface area (Å²) in [5.41, 5.74) is 1.01. The third-order valence-electron chi connectivity index (χ3n) is 1.31. The average molecular weight is 245 g/mol. The molecule has 0 N–H and O–H groups in total. The number of likely N-dealkylation sites (N-methyl/N-ethyl adjacent to an activating group) is 1. The van der Waals surface area contributed by atoms with Crippen LogP contribution in [0, 0.1) is 0 Å². The Morgan fingerprint density at radius 3 is 1.35 bits per heavy atom. The van der Waals surface area contributed by atoms with Gasteiger partial charge in [-0.2, -0.15) is 0 Å². The molecule has 0 bridgehead atoms. The second kappa shape index (κ2) is 12.5. The van der Waals surface area contributed by atoms with Crippen molar-refractivity contribution >= 4 is 11.9 Å². The van der Waals surface area contributed by atoms with E-state index in [1.807, 2.05) is 0 Å². The van der Waals surface area contributed by atoms with E-state index in [1.54, 1.807) is 27.9 Å². The molecule has 0 radical (unpaired) electrons. The Morgan fingerprint density at radius 2 is 1.35 bits per heavy atom. The number of hydrogen-bond acceptors (Lipinski definition) is 3. The predicted octanol–water partition coefficient (Wildman–Crippen LogP) is 2.66. The van der Waals surface area contributed by atoms with Crippen molar-refractivity contribution in [2.45, 2.75) is 28.7 Å². The summed E-state index contributed by atoms with van der Waals surface area (Å²) >= 11 is 0. The zero-order valence-electron chi connectivity index (χ0n) is 10.1. The minimum Gasteiger partial charge on any atom is -0.466 e. The van der Waals surface area contributed by atoms with Gasteiger partial charge in [0.1, 0.15) is 0 Å². The number of amides is 1. The zero-order valence-corrected chi connectivity index (χ0v) is 10.1. The SMILES string of the molecule is C.C.C=C(C)C(=O)N(C)C.C=C(C)C(=O)OC. The second-order valence-electron chi connectivity index (χ2n) is 3.25. The van der Waals surface area contributed by atoms with Crippen LogP contribution in [0.3, 0.4) is 0 Å². The molecular weight excluding hydrogens is 218 g/mol. The van der Waals surface area contributed by atoms with Crippen LogP contribution in [0.4, 0.5) is 0 Å². The topological polar surface area (TPSA) is 46.6 Å². The summed E-state index contributed by atoms with van der Waals surface area (Å²) in [5.74, 6) is -0.356. The molecule has 0 saturated carbocycles. The summed E-state index contributed by atoms with van der Waals surface area (Å²) in [6.45, 7) is 10.1. The Hall–Kier alpha value is -1.58. The average Bonchev–Trinajstić information content (AvgIpc) is 2.15. The molecule has 0 aliphatic heterocycles. The minimum atomic E-state index is -0.347. The fraction of sp³-hybridized carbons (Fsp3) is 0.538. The minimum absolute atomic E-state index is 0. The molecule has 4 heteroatoms. The van der Waals surface area contributed by atoms with Crippen LogP contribution in [0.25, 0.3) is 0 Å². The highest BCUT2D eigenvalue weighted by atomic mass is 16.5. The largest absolute Gasteiger partial charge is 0.466 e. The van der Waals surface area contributed by atoms with E-state index in [2.05, 4.69) is 17.9 Å². The van der Waals surface area contributed by atoms with Gasteiger partial charge in [0.05, 0.1) is 7.11 Å². The third-order valence-corrected chi connectivity index (χ3v) is 1.31. The highest BCUT2D eigenvalue weighted by molar-refractivity contribution is 5.91. The van der Waals surface area contributed by atoms with Gasteiger partial charge in [0.2, 0.25) is 5.91 Å². The van der Waals surface area contributed by atoms with E-state index < -0.39 is 0 Å². The molecule has 0 fully saturated rings. The number of rotatable bonds is 2. The van der Waals surface area contributed by atoms with Gasteiger partial charge in [-0.15, -0.1) is 0 Å². The van der Waals surface area contributed by atoms with Crippen LogP contribution < -0.4 is 0 Å². The van der Waals surface area contributed by atoms with Gasteiger partial charge in [0.15, 0.2) is 0 Å². The predicted molar refractivity (Wildman–Crippen MR) is 73.8 cm³/mol. The highest BCUT2D eigenvalue weighted by Crippen LogP contribution is 1.90. The van der Waals surface area contributed by atoms with Gasteiger partial charge in [-0.25, -0.2) is 4.79 Å². The zero-order chi connectivity index (χ0) is 12.6. The van der Waals surface area contributed by atoms with E-state index in [0.717, 1.165) is 0 Å². The first-order valence-corrected chi connectivity index (χ1v) is 4.35. The van der Waals surface area contributed by atoms with Crippen molar-refractivity contribution in [3.63, 3.8) is 0 Å². The Morgan fingerprint density at radius 1 is 1.00 bits per heavy atom. The Balaban J connectivity index is -0.0000000896. The molecule has 0 heterocycles. The molecule has 0 rings (SSSR count). The third kappa shape index (κ3) is 14.4. The smallest absolute Gasteiger partial charge is 0.332 e. The number of hydrogen-bond donors (Lipinski definition) is 0. The summed E-state index contributed by atoms with van der Waals surface area (Å²) in [7, 11) is 4.74. The molecule has 0 spiro atoms. The number of ether oxygens (including phenoxy) is 1. The fourth-order valence-corrected chi connectivity index (χ4v) is 0.556. The van der Waals surface area contributed by atoms with E-state index in [0.29, 0.717) is 11.1 Å². The Kier molecular flexibility index (Phi) is 18.1. The first-order chi connectivity index (χ1) is 6.73. The van der Waals surface area contributed by atoms with E-state index in [9.17, 15) is 9.59 Å². The summed E-state index contributed by atoms with van der Waals surface area (Å²) in [6.07, 6.45) is 0. The maximum Gasteiger partial charge on any atom is 0.332 e. The Bertz CT molecular complexity index is 268. The maximum atomic E-state index is 10.7. The van der Waals surface area contributed by atoms with Crippen LogP contribution >= 0.6 is 0 Å². The first-order valence-electron chi connectivity index (χ1n) is 4.35. The lowest BCUT2D eigenvalue weighted by Crippen LogP contribution is -2.21. The van der Waals surface area contributed by atoms with Gasteiger partial charge in [0, 0.05) is 25.2 Å². The van der Waals surface area contributed by atoms with E-state index >= 15 is 0 Å². The van der Waals surface area contributed by atoms with Crippen LogP contribution in [0.2, 0.25) is 0 Å². The molecule has 0 aromatic carbocycles. The molecule has 0 aromatic rings. The monoisotopic (exact) mass is 245 g/mol. The molecule has 1 amide bonds. The van der Waals surface area contributed by atoms with E-state index in [4.69, 9.17) is 0 Å². The standard InChI is InChI=1S/C6H11NO.C5H8O2.2CH4/c1-5(2)6(8)7(3)4;1-4(2)5(6)7-3;;/h1H2,2-4H3;1H2,2-3H3;2*1H4. The molecule has 0 atom stereocenters. The molecule has 0 saturated heterocycles. The molecule has 102 valence electrons. The van der Waals surface area contributed by atoms with Crippen molar-refractivity contribution in [3.05, 3.63) is 24.3 Å². The summed E-state index contributed by atoms with van der Waals surface area (Å²) in [5, 5.41) is 0. The van der Waals surface area contributed by atoms with Crippen molar-refractivity contribution in [2.24, 2.45) is 0 Å². The van der Waals surface area contributed by atoms with Gasteiger partial charge in [-0.1, -0.05) is 28.0 Å². The summed E-state index contributed by atoms with van der Waals surface area (Å²) in [6, 6.07) is 0. The van der Waals surface area contributed by atoms with E-state index in [-0.39, 0.29) is 26.7 Å². The number of methoxy groups -OCH3 is 1. The highest BCUT2D eigenvalue weighted by Gasteiger charge is 2.01. The van der Waals surface area contributed by atoms with Crippen LogP contribution in [-0.4, -0.2) is 38.0 Å². The van der Waals surface area contributed by atoms with Crippen molar-refractivity contribution in [3.8, 4) is 0 Å². The second-order valence-corrected chi connectivity index (χ2v) is 3.25. The van der Waals surface area contributed by atoms with Crippen LogP contribution in [0.15, 0.2) is 24.3 Å². The Labute approximate surface area is 106 Å². The lowest BCUT2D eigenvalue weighted by atomic mass is 10.3. The number of nitrogens with zero attached hydrogens (tertiary/aromatic N) is 1. The first kappa shape index (κ1) is 24.6. The quantitative estimate of drug-likeness (QED) is 0.555. The lowest BCUT2D eigenvalue weighted by Gasteiger charge is -2.07. The fourth-order valence-electron chi connectivity index (χ4n) is 0.556. The molecule has 0 aromatic heterocycles. The number of carbonyl (C=O) groups excluding carboxylic acids is 2. The van der Waals surface area contributed by atoms with Gasteiger partial charge in [-0.3, -0.25) is 4.79 Å². The van der Waals surface area contributed by atoms with Crippen LogP contribution in [0.5, 0.6) is 0 Å². The van der Waals surface area contributed by atoms with Crippen molar-refractivity contribution in [1.82, 2.24) is 4.90 Å².